The predicted molar refractivity (Wildman–Crippen MR) is 128 cm³/mol. The van der Waals surface area contributed by atoms with Gasteiger partial charge in [-0.25, -0.2) is 9.59 Å². The molecule has 1 aromatic heterocycles. The molecule has 0 fully saturated rings. The van der Waals surface area contributed by atoms with Crippen molar-refractivity contribution in [1.82, 2.24) is 9.78 Å². The quantitative estimate of drug-likeness (QED) is 0.351. The van der Waals surface area contributed by atoms with E-state index in [0.29, 0.717) is 40.3 Å². The zero-order valence-corrected chi connectivity index (χ0v) is 19.7. The Morgan fingerprint density at radius 2 is 1.54 bits per heavy atom. The summed E-state index contributed by atoms with van der Waals surface area (Å²) in [6.07, 6.45) is 0. The van der Waals surface area contributed by atoms with Crippen LogP contribution in [0, 0.1) is 0 Å². The lowest BCUT2D eigenvalue weighted by atomic mass is 10.1. The minimum absolute atomic E-state index is 0.0981. The molecule has 3 aromatic carbocycles. The third-order valence-electron chi connectivity index (χ3n) is 5.43. The van der Waals surface area contributed by atoms with Crippen LogP contribution in [-0.2, 0) is 11.3 Å². The van der Waals surface area contributed by atoms with Gasteiger partial charge in [-0.2, -0.15) is 0 Å². The van der Waals surface area contributed by atoms with Crippen molar-refractivity contribution in [3.05, 3.63) is 77.4 Å². The van der Waals surface area contributed by atoms with E-state index in [1.54, 1.807) is 60.3 Å². The Hall–Kier alpha value is -4.53. The zero-order chi connectivity index (χ0) is 24.9. The van der Waals surface area contributed by atoms with Crippen LogP contribution in [0.15, 0.2) is 60.7 Å². The minimum atomic E-state index is -0.679. The van der Waals surface area contributed by atoms with E-state index < -0.39 is 11.9 Å². The maximum absolute atomic E-state index is 13.2. The Balaban J connectivity index is 1.74. The van der Waals surface area contributed by atoms with Gasteiger partial charge in [0.25, 0.3) is 0 Å². The lowest BCUT2D eigenvalue weighted by Gasteiger charge is -2.11. The van der Waals surface area contributed by atoms with Crippen LogP contribution in [0.2, 0.25) is 0 Å². The topological polar surface area (TPSA) is 98.1 Å². The summed E-state index contributed by atoms with van der Waals surface area (Å²) in [7, 11) is 5.81. The Labute approximate surface area is 201 Å². The largest absolute Gasteiger partial charge is 0.497 e. The number of carbonyl (C=O) groups is 2. The number of methoxy groups -OCH3 is 4. The van der Waals surface area contributed by atoms with Crippen molar-refractivity contribution < 1.29 is 33.3 Å². The Kier molecular flexibility index (Phi) is 6.86. The molecule has 0 amide bonds. The highest BCUT2D eigenvalue weighted by molar-refractivity contribution is 5.99. The number of hydrogen-bond acceptors (Lipinski definition) is 8. The van der Waals surface area contributed by atoms with Gasteiger partial charge in [-0.3, -0.25) is 4.68 Å². The Bertz CT molecular complexity index is 1370. The number of esters is 2. The van der Waals surface area contributed by atoms with Crippen molar-refractivity contribution in [2.24, 2.45) is 0 Å². The molecule has 0 spiro atoms. The molecule has 9 nitrogen and oxygen atoms in total. The number of rotatable bonds is 8. The average Bonchev–Trinajstić information content (AvgIpc) is 3.23. The van der Waals surface area contributed by atoms with E-state index in [4.69, 9.17) is 23.7 Å². The maximum atomic E-state index is 13.2. The van der Waals surface area contributed by atoms with E-state index in [2.05, 4.69) is 5.10 Å². The molecule has 0 aliphatic carbocycles. The second-order valence-electron chi connectivity index (χ2n) is 7.46. The summed E-state index contributed by atoms with van der Waals surface area (Å²) in [5.74, 6) is 0.201. The molecule has 4 aromatic rings. The molecule has 0 saturated heterocycles. The highest BCUT2D eigenvalue weighted by Gasteiger charge is 2.23. The van der Waals surface area contributed by atoms with Gasteiger partial charge >= 0.3 is 11.9 Å². The number of carbonyl (C=O) groups excluding carboxylic acids is 2. The van der Waals surface area contributed by atoms with Crippen molar-refractivity contribution in [1.29, 1.82) is 0 Å². The normalized spacial score (nSPS) is 10.6. The number of fused-ring (bicyclic) bond motifs is 1. The standard InChI is InChI=1S/C26H24N2O7/c1-31-18-11-12-20-19(14-18)24(35-26(30)23-21(32-2)9-6-10-22(23)33-3)27-28(20)15-16-7-5-8-17(13-16)25(29)34-4/h5-14H,15H2,1-4H3. The van der Waals surface area contributed by atoms with Gasteiger partial charge in [0.1, 0.15) is 22.8 Å². The molecule has 0 bridgehead atoms. The SMILES string of the molecule is COC(=O)c1cccc(Cn2nc(OC(=O)c3c(OC)cccc3OC)c3cc(OC)ccc32)c1. The smallest absolute Gasteiger partial charge is 0.352 e. The van der Waals surface area contributed by atoms with E-state index in [-0.39, 0.29) is 11.4 Å². The second-order valence-corrected chi connectivity index (χ2v) is 7.46. The molecule has 0 atom stereocenters. The van der Waals surface area contributed by atoms with Gasteiger partial charge in [-0.15, -0.1) is 5.10 Å². The van der Waals surface area contributed by atoms with Gasteiger partial charge in [-0.1, -0.05) is 18.2 Å². The van der Waals surface area contributed by atoms with Gasteiger partial charge < -0.3 is 23.7 Å². The predicted octanol–water partition coefficient (Wildman–Crippen LogP) is 4.12. The minimum Gasteiger partial charge on any atom is -0.497 e. The number of nitrogens with zero attached hydrogens (tertiary/aromatic N) is 2. The fraction of sp³-hybridized carbons (Fsp3) is 0.192. The third kappa shape index (κ3) is 4.74. The number of aromatic nitrogens is 2. The van der Waals surface area contributed by atoms with Gasteiger partial charge in [0.05, 0.1) is 51.5 Å². The summed E-state index contributed by atoms with van der Waals surface area (Å²) in [5.41, 5.74) is 2.10. The highest BCUT2D eigenvalue weighted by atomic mass is 16.5. The van der Waals surface area contributed by atoms with E-state index >= 15 is 0 Å². The van der Waals surface area contributed by atoms with Crippen LogP contribution in [0.1, 0.15) is 26.3 Å². The Morgan fingerprint density at radius 3 is 2.20 bits per heavy atom. The lowest BCUT2D eigenvalue weighted by Crippen LogP contribution is -2.13. The number of hydrogen-bond donors (Lipinski definition) is 0. The molecule has 35 heavy (non-hydrogen) atoms. The van der Waals surface area contributed by atoms with Crippen molar-refractivity contribution in [2.75, 3.05) is 28.4 Å². The van der Waals surface area contributed by atoms with Gasteiger partial charge in [-0.05, 0) is 48.0 Å². The van der Waals surface area contributed by atoms with Crippen LogP contribution >= 0.6 is 0 Å². The van der Waals surface area contributed by atoms with E-state index in [0.717, 1.165) is 5.56 Å². The first-order valence-corrected chi connectivity index (χ1v) is 10.6. The second kappa shape index (κ2) is 10.2. The van der Waals surface area contributed by atoms with E-state index in [1.807, 2.05) is 12.1 Å². The summed E-state index contributed by atoms with van der Waals surface area (Å²) in [6.45, 7) is 0.323. The molecule has 0 N–H and O–H groups in total. The third-order valence-corrected chi connectivity index (χ3v) is 5.43. The van der Waals surface area contributed by atoms with Crippen LogP contribution in [0.3, 0.4) is 0 Å². The molecular formula is C26H24N2O7. The molecule has 0 saturated carbocycles. The molecule has 0 aliphatic heterocycles. The molecule has 1 heterocycles. The molecule has 4 rings (SSSR count). The summed E-state index contributed by atoms with van der Waals surface area (Å²) in [6, 6.07) is 17.4. The monoisotopic (exact) mass is 476 g/mol. The molecule has 180 valence electrons. The van der Waals surface area contributed by atoms with Crippen molar-refractivity contribution >= 4 is 22.8 Å². The summed E-state index contributed by atoms with van der Waals surface area (Å²) >= 11 is 0. The number of ether oxygens (including phenoxy) is 5. The summed E-state index contributed by atoms with van der Waals surface area (Å²) in [5, 5.41) is 5.13. The zero-order valence-electron chi connectivity index (χ0n) is 19.7. The average molecular weight is 476 g/mol. The Morgan fingerprint density at radius 1 is 0.829 bits per heavy atom. The molecule has 9 heteroatoms. The van der Waals surface area contributed by atoms with Crippen LogP contribution in [0.4, 0.5) is 0 Å². The molecule has 0 unspecified atom stereocenters. The van der Waals surface area contributed by atoms with Gasteiger partial charge in [0.15, 0.2) is 0 Å². The maximum Gasteiger partial charge on any atom is 0.352 e. The summed E-state index contributed by atoms with van der Waals surface area (Å²) < 4.78 is 28.2. The first-order chi connectivity index (χ1) is 17.0. The van der Waals surface area contributed by atoms with Gasteiger partial charge in [0, 0.05) is 0 Å². The molecule has 0 radical (unpaired) electrons. The van der Waals surface area contributed by atoms with Crippen molar-refractivity contribution in [2.45, 2.75) is 6.54 Å². The molecule has 0 aliphatic rings. The van der Waals surface area contributed by atoms with Crippen molar-refractivity contribution in [3.8, 4) is 23.1 Å². The van der Waals surface area contributed by atoms with Crippen LogP contribution < -0.4 is 18.9 Å². The fourth-order valence-electron chi connectivity index (χ4n) is 3.73. The van der Waals surface area contributed by atoms with E-state index in [9.17, 15) is 9.59 Å². The summed E-state index contributed by atoms with van der Waals surface area (Å²) in [4.78, 5) is 25.1. The number of benzene rings is 3. The first-order valence-electron chi connectivity index (χ1n) is 10.6. The fourth-order valence-corrected chi connectivity index (χ4v) is 3.73. The highest BCUT2D eigenvalue weighted by Crippen LogP contribution is 2.33. The van der Waals surface area contributed by atoms with E-state index in [1.165, 1.54) is 21.3 Å². The van der Waals surface area contributed by atoms with Crippen LogP contribution in [-0.4, -0.2) is 50.2 Å². The van der Waals surface area contributed by atoms with Gasteiger partial charge in [0.2, 0.25) is 5.88 Å². The first kappa shape index (κ1) is 23.6. The van der Waals surface area contributed by atoms with Crippen LogP contribution in [0.25, 0.3) is 10.9 Å². The molecular weight excluding hydrogens is 452 g/mol. The lowest BCUT2D eigenvalue weighted by molar-refractivity contribution is 0.0599. The van der Waals surface area contributed by atoms with Crippen molar-refractivity contribution in [3.63, 3.8) is 0 Å². The van der Waals surface area contributed by atoms with Crippen LogP contribution in [0.5, 0.6) is 23.1 Å².